The molecule has 2 saturated heterocycles. The number of likely N-dealkylation sites (tertiary alicyclic amines) is 2. The van der Waals surface area contributed by atoms with Gasteiger partial charge in [-0.2, -0.15) is 0 Å². The minimum atomic E-state index is 0.0228. The van der Waals surface area contributed by atoms with Gasteiger partial charge in [0.2, 0.25) is 5.91 Å². The van der Waals surface area contributed by atoms with Crippen LogP contribution >= 0.6 is 0 Å². The van der Waals surface area contributed by atoms with E-state index < -0.39 is 0 Å². The van der Waals surface area contributed by atoms with Gasteiger partial charge in [-0.25, -0.2) is 0 Å². The molecule has 1 amide bonds. The normalized spacial score (nSPS) is 23.2. The Morgan fingerprint density at radius 3 is 2.46 bits per heavy atom. The van der Waals surface area contributed by atoms with E-state index in [1.807, 2.05) is 36.7 Å². The molecule has 1 atom stereocenters. The van der Waals surface area contributed by atoms with E-state index in [0.29, 0.717) is 18.9 Å². The summed E-state index contributed by atoms with van der Waals surface area (Å²) in [5, 5.41) is 0. The Balaban J connectivity index is 1.43. The molecule has 1 spiro atoms. The number of ether oxygens (including phenoxy) is 1. The molecule has 3 heterocycles. The molecule has 4 rings (SSSR count). The minimum absolute atomic E-state index is 0.0228. The molecule has 1 aromatic carbocycles. The Bertz CT molecular complexity index is 793. The first-order chi connectivity index (χ1) is 13.7. The highest BCUT2D eigenvalue weighted by Gasteiger charge is 2.45. The molecule has 0 bridgehead atoms. The lowest BCUT2D eigenvalue weighted by atomic mass is 9.87. The highest BCUT2D eigenvalue weighted by molar-refractivity contribution is 5.79. The predicted molar refractivity (Wildman–Crippen MR) is 109 cm³/mol. The summed E-state index contributed by atoms with van der Waals surface area (Å²) in [6.07, 6.45) is 8.59. The van der Waals surface area contributed by atoms with Crippen molar-refractivity contribution in [3.8, 4) is 5.75 Å². The van der Waals surface area contributed by atoms with Gasteiger partial charge in [-0.05, 0) is 67.6 Å². The van der Waals surface area contributed by atoms with Crippen molar-refractivity contribution in [2.45, 2.75) is 50.7 Å². The average molecular weight is 380 g/mol. The lowest BCUT2D eigenvalue weighted by Crippen LogP contribution is -2.45. The molecule has 2 aromatic rings. The van der Waals surface area contributed by atoms with Crippen molar-refractivity contribution < 1.29 is 9.53 Å². The summed E-state index contributed by atoms with van der Waals surface area (Å²) in [7, 11) is 1.70. The van der Waals surface area contributed by atoms with Crippen molar-refractivity contribution >= 4 is 5.91 Å². The number of hydrogen-bond acceptors (Lipinski definition) is 4. The Labute approximate surface area is 167 Å². The zero-order valence-corrected chi connectivity index (χ0v) is 16.6. The Morgan fingerprint density at radius 1 is 0.964 bits per heavy atom. The fourth-order valence-corrected chi connectivity index (χ4v) is 4.70. The number of pyridine rings is 1. The SMILES string of the molecule is COc1ccc(CN2CCC[C@]3(CCC(=O)N3Cc3ccncc3)CC2)cc1. The van der Waals surface area contributed by atoms with Gasteiger partial charge in [-0.1, -0.05) is 12.1 Å². The van der Waals surface area contributed by atoms with E-state index in [9.17, 15) is 4.79 Å². The third-order valence-electron chi connectivity index (χ3n) is 6.34. The van der Waals surface area contributed by atoms with Crippen LogP contribution in [0.2, 0.25) is 0 Å². The van der Waals surface area contributed by atoms with Gasteiger partial charge in [-0.15, -0.1) is 0 Å². The number of hydrogen-bond donors (Lipinski definition) is 0. The highest BCUT2D eigenvalue weighted by Crippen LogP contribution is 2.40. The molecule has 5 heteroatoms. The molecule has 0 saturated carbocycles. The summed E-state index contributed by atoms with van der Waals surface area (Å²) in [6, 6.07) is 12.4. The van der Waals surface area contributed by atoms with E-state index in [0.717, 1.165) is 51.1 Å². The van der Waals surface area contributed by atoms with E-state index in [1.54, 1.807) is 7.11 Å². The predicted octanol–water partition coefficient (Wildman–Crippen LogP) is 3.64. The van der Waals surface area contributed by atoms with Crippen LogP contribution in [0.3, 0.4) is 0 Å². The summed E-state index contributed by atoms with van der Waals surface area (Å²) < 4.78 is 5.26. The first-order valence-electron chi connectivity index (χ1n) is 10.2. The Kier molecular flexibility index (Phi) is 5.62. The third-order valence-corrected chi connectivity index (χ3v) is 6.34. The van der Waals surface area contributed by atoms with Crippen LogP contribution < -0.4 is 4.74 Å². The van der Waals surface area contributed by atoms with Crippen LogP contribution in [0.25, 0.3) is 0 Å². The average Bonchev–Trinajstić information content (AvgIpc) is 2.90. The molecule has 0 unspecified atom stereocenters. The maximum absolute atomic E-state index is 12.7. The number of carbonyl (C=O) groups is 1. The second-order valence-corrected chi connectivity index (χ2v) is 8.04. The molecular formula is C23H29N3O2. The molecule has 0 radical (unpaired) electrons. The van der Waals surface area contributed by atoms with Crippen molar-refractivity contribution in [3.63, 3.8) is 0 Å². The molecule has 1 aromatic heterocycles. The van der Waals surface area contributed by atoms with Gasteiger partial charge in [0, 0.05) is 44.0 Å². The van der Waals surface area contributed by atoms with Crippen molar-refractivity contribution in [3.05, 3.63) is 59.9 Å². The van der Waals surface area contributed by atoms with E-state index in [2.05, 4.69) is 26.9 Å². The minimum Gasteiger partial charge on any atom is -0.497 e. The third kappa shape index (κ3) is 4.04. The van der Waals surface area contributed by atoms with Gasteiger partial charge < -0.3 is 9.64 Å². The molecule has 0 N–H and O–H groups in total. The molecule has 148 valence electrons. The molecular weight excluding hydrogens is 350 g/mol. The van der Waals surface area contributed by atoms with Gasteiger partial charge in [0.05, 0.1) is 7.11 Å². The zero-order chi connectivity index (χ0) is 19.4. The van der Waals surface area contributed by atoms with Crippen LogP contribution in [0.15, 0.2) is 48.8 Å². The van der Waals surface area contributed by atoms with E-state index in [-0.39, 0.29) is 5.54 Å². The maximum atomic E-state index is 12.7. The standard InChI is InChI=1S/C23H29N3O2/c1-28-21-5-3-19(4-6-21)17-25-15-2-10-23(12-16-25)11-7-22(27)26(23)18-20-8-13-24-14-9-20/h3-6,8-9,13-14H,2,7,10-12,15-18H2,1H3/t23-/m0/s1. The van der Waals surface area contributed by atoms with Crippen LogP contribution in [0.4, 0.5) is 0 Å². The Morgan fingerprint density at radius 2 is 1.71 bits per heavy atom. The fraction of sp³-hybridized carbons (Fsp3) is 0.478. The number of methoxy groups -OCH3 is 1. The Hall–Kier alpha value is -2.40. The van der Waals surface area contributed by atoms with Gasteiger partial charge >= 0.3 is 0 Å². The molecule has 2 aliphatic rings. The van der Waals surface area contributed by atoms with Crippen molar-refractivity contribution in [1.29, 1.82) is 0 Å². The zero-order valence-electron chi connectivity index (χ0n) is 16.6. The monoisotopic (exact) mass is 379 g/mol. The lowest BCUT2D eigenvalue weighted by Gasteiger charge is -2.38. The first kappa shape index (κ1) is 18.9. The molecule has 0 aliphatic carbocycles. The molecule has 2 aliphatic heterocycles. The number of carbonyl (C=O) groups excluding carboxylic acids is 1. The summed E-state index contributed by atoms with van der Waals surface area (Å²) in [5.41, 5.74) is 2.51. The largest absolute Gasteiger partial charge is 0.497 e. The van der Waals surface area contributed by atoms with Crippen LogP contribution in [0.1, 0.15) is 43.2 Å². The van der Waals surface area contributed by atoms with Crippen LogP contribution in [0, 0.1) is 0 Å². The van der Waals surface area contributed by atoms with Crippen molar-refractivity contribution in [1.82, 2.24) is 14.8 Å². The van der Waals surface area contributed by atoms with Gasteiger partial charge in [-0.3, -0.25) is 14.7 Å². The summed E-state index contributed by atoms with van der Waals surface area (Å²) in [6.45, 7) is 3.79. The topological polar surface area (TPSA) is 45.7 Å². The van der Waals surface area contributed by atoms with Gasteiger partial charge in [0.25, 0.3) is 0 Å². The fourth-order valence-electron chi connectivity index (χ4n) is 4.70. The summed E-state index contributed by atoms with van der Waals surface area (Å²) in [4.78, 5) is 21.5. The summed E-state index contributed by atoms with van der Waals surface area (Å²) >= 11 is 0. The summed E-state index contributed by atoms with van der Waals surface area (Å²) in [5.74, 6) is 1.20. The quantitative estimate of drug-likeness (QED) is 0.796. The second-order valence-electron chi connectivity index (χ2n) is 8.04. The molecule has 5 nitrogen and oxygen atoms in total. The van der Waals surface area contributed by atoms with Crippen LogP contribution in [-0.4, -0.2) is 46.4 Å². The van der Waals surface area contributed by atoms with E-state index in [1.165, 1.54) is 11.1 Å². The number of nitrogens with zero attached hydrogens (tertiary/aromatic N) is 3. The smallest absolute Gasteiger partial charge is 0.223 e. The molecule has 2 fully saturated rings. The highest BCUT2D eigenvalue weighted by atomic mass is 16.5. The number of rotatable bonds is 5. The van der Waals surface area contributed by atoms with Crippen molar-refractivity contribution in [2.24, 2.45) is 0 Å². The van der Waals surface area contributed by atoms with Gasteiger partial charge in [0.15, 0.2) is 0 Å². The van der Waals surface area contributed by atoms with Crippen molar-refractivity contribution in [2.75, 3.05) is 20.2 Å². The first-order valence-corrected chi connectivity index (χ1v) is 10.2. The van der Waals surface area contributed by atoms with Gasteiger partial charge in [0.1, 0.15) is 5.75 Å². The van der Waals surface area contributed by atoms with E-state index >= 15 is 0 Å². The molecule has 28 heavy (non-hydrogen) atoms. The van der Waals surface area contributed by atoms with E-state index in [4.69, 9.17) is 4.74 Å². The van der Waals surface area contributed by atoms with Crippen LogP contribution in [-0.2, 0) is 17.9 Å². The second kappa shape index (κ2) is 8.31. The van der Waals surface area contributed by atoms with Crippen LogP contribution in [0.5, 0.6) is 5.75 Å². The maximum Gasteiger partial charge on any atom is 0.223 e. The number of amides is 1. The number of aromatic nitrogens is 1. The lowest BCUT2D eigenvalue weighted by molar-refractivity contribution is -0.132. The number of benzene rings is 1.